The fourth-order valence-electron chi connectivity index (χ4n) is 3.46. The lowest BCUT2D eigenvalue weighted by Crippen LogP contribution is -2.39. The van der Waals surface area contributed by atoms with Crippen molar-refractivity contribution in [2.75, 3.05) is 19.6 Å². The van der Waals surface area contributed by atoms with Gasteiger partial charge in [0.2, 0.25) is 5.91 Å². The average Bonchev–Trinajstić information content (AvgIpc) is 2.78. The van der Waals surface area contributed by atoms with E-state index >= 15 is 0 Å². The molecule has 1 aliphatic carbocycles. The lowest BCUT2D eigenvalue weighted by atomic mass is 9.88. The van der Waals surface area contributed by atoms with Gasteiger partial charge in [-0.25, -0.2) is 0 Å². The Hall–Kier alpha value is -0.830. The highest BCUT2D eigenvalue weighted by Crippen LogP contribution is 2.28. The van der Waals surface area contributed by atoms with Gasteiger partial charge in [-0.15, -0.1) is 6.58 Å². The van der Waals surface area contributed by atoms with Gasteiger partial charge in [0, 0.05) is 25.6 Å². The van der Waals surface area contributed by atoms with Crippen molar-refractivity contribution in [3.63, 3.8) is 0 Å². The largest absolute Gasteiger partial charge is 0.339 e. The molecule has 0 aromatic carbocycles. The first-order chi connectivity index (χ1) is 9.31. The molecule has 2 aliphatic rings. The molecule has 3 heteroatoms. The van der Waals surface area contributed by atoms with Crippen LogP contribution in [0, 0.1) is 5.92 Å². The molecule has 0 radical (unpaired) electrons. The van der Waals surface area contributed by atoms with Gasteiger partial charge in [0.05, 0.1) is 0 Å². The van der Waals surface area contributed by atoms with Gasteiger partial charge in [0.15, 0.2) is 0 Å². The molecule has 2 fully saturated rings. The maximum atomic E-state index is 12.0. The van der Waals surface area contributed by atoms with E-state index in [4.69, 9.17) is 0 Å². The Bertz CT molecular complexity index is 297. The first kappa shape index (κ1) is 14.6. The molecule has 1 atom stereocenters. The van der Waals surface area contributed by atoms with Crippen molar-refractivity contribution < 1.29 is 4.79 Å². The Labute approximate surface area is 117 Å². The summed E-state index contributed by atoms with van der Waals surface area (Å²) in [5, 5.41) is 3.34. The van der Waals surface area contributed by atoms with Crippen molar-refractivity contribution in [2.45, 2.75) is 57.4 Å². The predicted molar refractivity (Wildman–Crippen MR) is 79.0 cm³/mol. The SMILES string of the molecule is C=CCNCC[C@H]1CCC(=O)N1CC1CCCCC1. The van der Waals surface area contributed by atoms with E-state index in [0.29, 0.717) is 11.9 Å². The second-order valence-electron chi connectivity index (χ2n) is 6.02. The number of hydrogen-bond acceptors (Lipinski definition) is 2. The number of nitrogens with one attached hydrogen (secondary N) is 1. The second kappa shape index (κ2) is 7.68. The molecule has 2 rings (SSSR count). The molecule has 19 heavy (non-hydrogen) atoms. The molecule has 3 nitrogen and oxygen atoms in total. The maximum Gasteiger partial charge on any atom is 0.222 e. The van der Waals surface area contributed by atoms with Gasteiger partial charge in [-0.1, -0.05) is 25.3 Å². The van der Waals surface area contributed by atoms with Crippen LogP contribution in [-0.2, 0) is 4.79 Å². The number of likely N-dealkylation sites (tertiary alicyclic amines) is 1. The molecule has 1 heterocycles. The summed E-state index contributed by atoms with van der Waals surface area (Å²) in [6.07, 6.45) is 11.6. The van der Waals surface area contributed by atoms with Gasteiger partial charge in [-0.3, -0.25) is 4.79 Å². The summed E-state index contributed by atoms with van der Waals surface area (Å²) in [5.74, 6) is 1.15. The minimum Gasteiger partial charge on any atom is -0.339 e. The molecule has 108 valence electrons. The highest BCUT2D eigenvalue weighted by Gasteiger charge is 2.32. The standard InChI is InChI=1S/C16H28N2O/c1-2-11-17-12-10-15-8-9-16(19)18(15)13-14-6-4-3-5-7-14/h2,14-15,17H,1,3-13H2/t15-/m1/s1. The molecule has 0 aromatic heterocycles. The molecule has 1 N–H and O–H groups in total. The molecule has 0 unspecified atom stereocenters. The molecular weight excluding hydrogens is 236 g/mol. The highest BCUT2D eigenvalue weighted by molar-refractivity contribution is 5.78. The van der Waals surface area contributed by atoms with E-state index in [2.05, 4.69) is 16.8 Å². The van der Waals surface area contributed by atoms with Crippen molar-refractivity contribution in [1.82, 2.24) is 10.2 Å². The van der Waals surface area contributed by atoms with Crippen LogP contribution >= 0.6 is 0 Å². The summed E-state index contributed by atoms with van der Waals surface area (Å²) in [5.41, 5.74) is 0. The normalized spacial score (nSPS) is 24.9. The predicted octanol–water partition coefficient (Wildman–Crippen LogP) is 2.72. The number of nitrogens with zero attached hydrogens (tertiary/aromatic N) is 1. The van der Waals surface area contributed by atoms with Crippen LogP contribution in [0.25, 0.3) is 0 Å². The Morgan fingerprint density at radius 2 is 2.05 bits per heavy atom. The van der Waals surface area contributed by atoms with Gasteiger partial charge in [0.1, 0.15) is 0 Å². The maximum absolute atomic E-state index is 12.0. The average molecular weight is 264 g/mol. The molecular formula is C16H28N2O. The zero-order chi connectivity index (χ0) is 13.5. The third-order valence-electron chi connectivity index (χ3n) is 4.58. The molecule has 0 aromatic rings. The number of carbonyl (C=O) groups excluding carboxylic acids is 1. The highest BCUT2D eigenvalue weighted by atomic mass is 16.2. The van der Waals surface area contributed by atoms with Crippen LogP contribution in [-0.4, -0.2) is 36.5 Å². The second-order valence-corrected chi connectivity index (χ2v) is 6.02. The van der Waals surface area contributed by atoms with E-state index in [1.54, 1.807) is 0 Å². The summed E-state index contributed by atoms with van der Waals surface area (Å²) < 4.78 is 0. The molecule has 1 saturated carbocycles. The summed E-state index contributed by atoms with van der Waals surface area (Å²) in [4.78, 5) is 14.2. The van der Waals surface area contributed by atoms with E-state index in [1.807, 2.05) is 6.08 Å². The summed E-state index contributed by atoms with van der Waals surface area (Å²) in [6.45, 7) is 6.58. The quantitative estimate of drug-likeness (QED) is 0.566. The van der Waals surface area contributed by atoms with E-state index in [9.17, 15) is 4.79 Å². The van der Waals surface area contributed by atoms with Gasteiger partial charge in [-0.2, -0.15) is 0 Å². The fourth-order valence-corrected chi connectivity index (χ4v) is 3.46. The van der Waals surface area contributed by atoms with Gasteiger partial charge >= 0.3 is 0 Å². The van der Waals surface area contributed by atoms with E-state index < -0.39 is 0 Å². The van der Waals surface area contributed by atoms with Crippen molar-refractivity contribution in [2.24, 2.45) is 5.92 Å². The van der Waals surface area contributed by atoms with Crippen LogP contribution in [0.15, 0.2) is 12.7 Å². The zero-order valence-electron chi connectivity index (χ0n) is 12.1. The summed E-state index contributed by atoms with van der Waals surface area (Å²) >= 11 is 0. The van der Waals surface area contributed by atoms with Gasteiger partial charge < -0.3 is 10.2 Å². The topological polar surface area (TPSA) is 32.3 Å². The smallest absolute Gasteiger partial charge is 0.222 e. The molecule has 0 bridgehead atoms. The minimum atomic E-state index is 0.388. The number of carbonyl (C=O) groups is 1. The zero-order valence-corrected chi connectivity index (χ0v) is 12.1. The van der Waals surface area contributed by atoms with Crippen molar-refractivity contribution in [3.8, 4) is 0 Å². The molecule has 1 saturated heterocycles. The Morgan fingerprint density at radius 1 is 1.26 bits per heavy atom. The third kappa shape index (κ3) is 4.34. The van der Waals surface area contributed by atoms with Crippen LogP contribution in [0.3, 0.4) is 0 Å². The van der Waals surface area contributed by atoms with Crippen LogP contribution in [0.2, 0.25) is 0 Å². The number of amides is 1. The van der Waals surface area contributed by atoms with Crippen molar-refractivity contribution >= 4 is 5.91 Å². The Kier molecular flexibility index (Phi) is 5.90. The lowest BCUT2D eigenvalue weighted by Gasteiger charge is -2.31. The summed E-state index contributed by atoms with van der Waals surface area (Å²) in [6, 6.07) is 0.478. The molecule has 0 spiro atoms. The van der Waals surface area contributed by atoms with Crippen LogP contribution in [0.5, 0.6) is 0 Å². The number of rotatable bonds is 7. The fraction of sp³-hybridized carbons (Fsp3) is 0.812. The minimum absolute atomic E-state index is 0.388. The first-order valence-electron chi connectivity index (χ1n) is 7.92. The van der Waals surface area contributed by atoms with Crippen LogP contribution < -0.4 is 5.32 Å². The third-order valence-corrected chi connectivity index (χ3v) is 4.58. The van der Waals surface area contributed by atoms with E-state index in [0.717, 1.165) is 44.8 Å². The number of hydrogen-bond donors (Lipinski definition) is 1. The van der Waals surface area contributed by atoms with E-state index in [1.165, 1.54) is 32.1 Å². The molecule has 1 aliphatic heterocycles. The van der Waals surface area contributed by atoms with E-state index in [-0.39, 0.29) is 0 Å². The Balaban J connectivity index is 1.77. The monoisotopic (exact) mass is 264 g/mol. The van der Waals surface area contributed by atoms with Gasteiger partial charge in [-0.05, 0) is 38.1 Å². The first-order valence-corrected chi connectivity index (χ1v) is 7.92. The van der Waals surface area contributed by atoms with Crippen LogP contribution in [0.1, 0.15) is 51.4 Å². The van der Waals surface area contributed by atoms with Crippen molar-refractivity contribution in [1.29, 1.82) is 0 Å². The Morgan fingerprint density at radius 3 is 2.79 bits per heavy atom. The summed E-state index contributed by atoms with van der Waals surface area (Å²) in [7, 11) is 0. The van der Waals surface area contributed by atoms with Gasteiger partial charge in [0.25, 0.3) is 0 Å². The van der Waals surface area contributed by atoms with Crippen LogP contribution in [0.4, 0.5) is 0 Å². The lowest BCUT2D eigenvalue weighted by molar-refractivity contribution is -0.129. The molecule has 1 amide bonds. The van der Waals surface area contributed by atoms with Crippen molar-refractivity contribution in [3.05, 3.63) is 12.7 Å².